The highest BCUT2D eigenvalue weighted by molar-refractivity contribution is 9.10. The molecule has 0 saturated heterocycles. The Kier molecular flexibility index (Phi) is 7.79. The first-order valence-corrected chi connectivity index (χ1v) is 9.69. The summed E-state index contributed by atoms with van der Waals surface area (Å²) in [7, 11) is 0. The number of halogens is 1. The Morgan fingerprint density at radius 1 is 1.08 bits per heavy atom. The molecule has 0 spiro atoms. The molecular weight excluding hydrogens is 378 g/mol. The first-order valence-electron chi connectivity index (χ1n) is 8.90. The second-order valence-electron chi connectivity index (χ2n) is 6.29. The zero-order valence-corrected chi connectivity index (χ0v) is 17.2. The average molecular weight is 406 g/mol. The standard InChI is InChI=1S/C21H28BrNO2/c1-5-16(4)23-13-18-11-20(24-6-2)21(12-19(18)22)25-14-17-9-7-8-15(3)10-17/h7-12,16,23H,5-6,13-14H2,1-4H3. The van der Waals surface area contributed by atoms with Crippen molar-refractivity contribution in [3.63, 3.8) is 0 Å². The maximum Gasteiger partial charge on any atom is 0.162 e. The molecule has 136 valence electrons. The van der Waals surface area contributed by atoms with Gasteiger partial charge in [0, 0.05) is 17.1 Å². The largest absolute Gasteiger partial charge is 0.490 e. The Labute approximate surface area is 159 Å². The molecule has 1 unspecified atom stereocenters. The lowest BCUT2D eigenvalue weighted by molar-refractivity contribution is 0.268. The van der Waals surface area contributed by atoms with Gasteiger partial charge in [-0.2, -0.15) is 0 Å². The number of hydrogen-bond acceptors (Lipinski definition) is 3. The summed E-state index contributed by atoms with van der Waals surface area (Å²) in [6, 6.07) is 12.9. The molecule has 0 heterocycles. The summed E-state index contributed by atoms with van der Waals surface area (Å²) in [4.78, 5) is 0. The summed E-state index contributed by atoms with van der Waals surface area (Å²) in [5.74, 6) is 1.56. The molecule has 0 aliphatic heterocycles. The lowest BCUT2D eigenvalue weighted by Gasteiger charge is -2.17. The van der Waals surface area contributed by atoms with Crippen LogP contribution < -0.4 is 14.8 Å². The van der Waals surface area contributed by atoms with E-state index >= 15 is 0 Å². The van der Waals surface area contributed by atoms with Crippen molar-refractivity contribution >= 4 is 15.9 Å². The van der Waals surface area contributed by atoms with Gasteiger partial charge in [-0.3, -0.25) is 0 Å². The van der Waals surface area contributed by atoms with Crippen LogP contribution in [0.15, 0.2) is 40.9 Å². The fraction of sp³-hybridized carbons (Fsp3) is 0.429. The van der Waals surface area contributed by atoms with Crippen LogP contribution in [0.4, 0.5) is 0 Å². The normalized spacial score (nSPS) is 12.0. The van der Waals surface area contributed by atoms with Crippen molar-refractivity contribution in [2.75, 3.05) is 6.61 Å². The van der Waals surface area contributed by atoms with Crippen molar-refractivity contribution in [2.24, 2.45) is 0 Å². The SMILES string of the molecule is CCOc1cc(CNC(C)CC)c(Br)cc1OCc1cccc(C)c1. The van der Waals surface area contributed by atoms with Gasteiger partial charge in [0.25, 0.3) is 0 Å². The van der Waals surface area contributed by atoms with Crippen LogP contribution in [0.5, 0.6) is 11.5 Å². The number of ether oxygens (including phenoxy) is 2. The van der Waals surface area contributed by atoms with E-state index < -0.39 is 0 Å². The zero-order valence-electron chi connectivity index (χ0n) is 15.6. The molecule has 1 atom stereocenters. The number of aryl methyl sites for hydroxylation is 1. The molecule has 2 aromatic rings. The molecule has 1 N–H and O–H groups in total. The van der Waals surface area contributed by atoms with Crippen LogP contribution >= 0.6 is 15.9 Å². The monoisotopic (exact) mass is 405 g/mol. The van der Waals surface area contributed by atoms with Crippen molar-refractivity contribution < 1.29 is 9.47 Å². The third-order valence-corrected chi connectivity index (χ3v) is 4.88. The first-order chi connectivity index (χ1) is 12.0. The maximum atomic E-state index is 6.04. The topological polar surface area (TPSA) is 30.5 Å². The number of nitrogens with one attached hydrogen (secondary N) is 1. The highest BCUT2D eigenvalue weighted by Gasteiger charge is 2.12. The minimum atomic E-state index is 0.486. The second-order valence-corrected chi connectivity index (χ2v) is 7.15. The van der Waals surface area contributed by atoms with E-state index in [1.165, 1.54) is 11.1 Å². The summed E-state index contributed by atoms with van der Waals surface area (Å²) >= 11 is 3.67. The lowest BCUT2D eigenvalue weighted by Crippen LogP contribution is -2.24. The van der Waals surface area contributed by atoms with E-state index in [-0.39, 0.29) is 0 Å². The van der Waals surface area contributed by atoms with Crippen molar-refractivity contribution in [3.05, 3.63) is 57.6 Å². The van der Waals surface area contributed by atoms with Crippen LogP contribution in [0.2, 0.25) is 0 Å². The molecule has 3 nitrogen and oxygen atoms in total. The Morgan fingerprint density at radius 3 is 2.52 bits per heavy atom. The predicted octanol–water partition coefficient (Wildman–Crippen LogP) is 5.62. The third kappa shape index (κ3) is 6.05. The van der Waals surface area contributed by atoms with Gasteiger partial charge < -0.3 is 14.8 Å². The van der Waals surface area contributed by atoms with Gasteiger partial charge in [-0.25, -0.2) is 0 Å². The fourth-order valence-corrected chi connectivity index (χ4v) is 2.95. The zero-order chi connectivity index (χ0) is 18.2. The van der Waals surface area contributed by atoms with Crippen molar-refractivity contribution in [1.29, 1.82) is 0 Å². The maximum absolute atomic E-state index is 6.04. The Morgan fingerprint density at radius 2 is 1.84 bits per heavy atom. The van der Waals surface area contributed by atoms with Crippen LogP contribution in [0.1, 0.15) is 43.9 Å². The van der Waals surface area contributed by atoms with Crippen LogP contribution in [0.25, 0.3) is 0 Å². The van der Waals surface area contributed by atoms with E-state index in [1.54, 1.807) is 0 Å². The molecule has 0 aliphatic carbocycles. The van der Waals surface area contributed by atoms with E-state index in [4.69, 9.17) is 9.47 Å². The lowest BCUT2D eigenvalue weighted by atomic mass is 10.1. The molecule has 0 bridgehead atoms. The minimum Gasteiger partial charge on any atom is -0.490 e. The van der Waals surface area contributed by atoms with E-state index in [9.17, 15) is 0 Å². The number of hydrogen-bond donors (Lipinski definition) is 1. The van der Waals surface area contributed by atoms with Gasteiger partial charge in [-0.15, -0.1) is 0 Å². The number of benzene rings is 2. The number of rotatable bonds is 9. The quantitative estimate of drug-likeness (QED) is 0.586. The van der Waals surface area contributed by atoms with Gasteiger partial charge in [0.15, 0.2) is 11.5 Å². The van der Waals surface area contributed by atoms with Gasteiger partial charge >= 0.3 is 0 Å². The Balaban J connectivity index is 2.14. The molecule has 0 fully saturated rings. The minimum absolute atomic E-state index is 0.486. The van der Waals surface area contributed by atoms with Gasteiger partial charge in [0.1, 0.15) is 6.61 Å². The Bertz CT molecular complexity index is 688. The van der Waals surface area contributed by atoms with E-state index in [1.807, 2.05) is 13.0 Å². The second kappa shape index (κ2) is 9.83. The highest BCUT2D eigenvalue weighted by atomic mass is 79.9. The molecule has 2 rings (SSSR count). The van der Waals surface area contributed by atoms with Gasteiger partial charge in [0.05, 0.1) is 6.61 Å². The van der Waals surface area contributed by atoms with Crippen molar-refractivity contribution in [3.8, 4) is 11.5 Å². The molecule has 0 aromatic heterocycles. The van der Waals surface area contributed by atoms with Gasteiger partial charge in [-0.05, 0) is 50.5 Å². The molecular formula is C21H28BrNO2. The summed E-state index contributed by atoms with van der Waals surface area (Å²) in [5, 5.41) is 3.52. The molecule has 0 aliphatic rings. The summed E-state index contributed by atoms with van der Waals surface area (Å²) in [6.07, 6.45) is 1.10. The predicted molar refractivity (Wildman–Crippen MR) is 107 cm³/mol. The molecule has 0 amide bonds. The van der Waals surface area contributed by atoms with E-state index in [0.29, 0.717) is 19.3 Å². The smallest absolute Gasteiger partial charge is 0.162 e. The third-order valence-electron chi connectivity index (χ3n) is 4.14. The molecule has 0 saturated carbocycles. The van der Waals surface area contributed by atoms with Crippen molar-refractivity contribution in [1.82, 2.24) is 5.32 Å². The van der Waals surface area contributed by atoms with Gasteiger partial charge in [0.2, 0.25) is 0 Å². The molecule has 4 heteroatoms. The van der Waals surface area contributed by atoms with Crippen LogP contribution in [0, 0.1) is 6.92 Å². The Hall–Kier alpha value is -1.52. The fourth-order valence-electron chi connectivity index (χ4n) is 2.49. The summed E-state index contributed by atoms with van der Waals surface area (Å²) in [5.41, 5.74) is 3.56. The highest BCUT2D eigenvalue weighted by Crippen LogP contribution is 2.34. The molecule has 2 aromatic carbocycles. The first kappa shape index (κ1) is 19.8. The van der Waals surface area contributed by atoms with Crippen LogP contribution in [0.3, 0.4) is 0 Å². The van der Waals surface area contributed by atoms with E-state index in [2.05, 4.69) is 72.3 Å². The van der Waals surface area contributed by atoms with Gasteiger partial charge in [-0.1, -0.05) is 52.7 Å². The summed E-state index contributed by atoms with van der Waals surface area (Å²) in [6.45, 7) is 10.4. The van der Waals surface area contributed by atoms with Crippen LogP contribution in [-0.4, -0.2) is 12.6 Å². The van der Waals surface area contributed by atoms with Crippen LogP contribution in [-0.2, 0) is 13.2 Å². The van der Waals surface area contributed by atoms with E-state index in [0.717, 1.165) is 34.5 Å². The molecule has 0 radical (unpaired) electrons. The summed E-state index contributed by atoms with van der Waals surface area (Å²) < 4.78 is 12.9. The average Bonchev–Trinajstić information content (AvgIpc) is 2.60. The van der Waals surface area contributed by atoms with Crippen molar-refractivity contribution in [2.45, 2.75) is 53.3 Å². The molecule has 25 heavy (non-hydrogen) atoms.